The number of pyridine rings is 1. The van der Waals surface area contributed by atoms with Gasteiger partial charge in [0.2, 0.25) is 5.91 Å². The van der Waals surface area contributed by atoms with Gasteiger partial charge >= 0.3 is 0 Å². The van der Waals surface area contributed by atoms with Crippen molar-refractivity contribution < 1.29 is 9.21 Å². The molecule has 0 unspecified atom stereocenters. The van der Waals surface area contributed by atoms with Gasteiger partial charge < -0.3 is 14.1 Å². The molecular formula is C20H20N4O2. The minimum atomic E-state index is -0.167. The maximum Gasteiger partial charge on any atom is 0.237 e. The van der Waals surface area contributed by atoms with Gasteiger partial charge in [-0.15, -0.1) is 0 Å². The summed E-state index contributed by atoms with van der Waals surface area (Å²) in [5.74, 6) is 0.759. The smallest absolute Gasteiger partial charge is 0.237 e. The Morgan fingerprint density at radius 3 is 3.08 bits per heavy atom. The van der Waals surface area contributed by atoms with Gasteiger partial charge in [-0.05, 0) is 43.7 Å². The summed E-state index contributed by atoms with van der Waals surface area (Å²) in [4.78, 5) is 14.8. The molecule has 3 aromatic heterocycles. The first-order valence-electron chi connectivity index (χ1n) is 8.79. The topological polar surface area (TPSA) is 73.7 Å². The molecule has 6 nitrogen and oxygen atoms in total. The molecule has 1 aliphatic heterocycles. The van der Waals surface area contributed by atoms with Gasteiger partial charge in [-0.3, -0.25) is 9.69 Å². The third-order valence-electron chi connectivity index (χ3n) is 4.93. The highest BCUT2D eigenvalue weighted by atomic mass is 16.3. The number of nitriles is 1. The summed E-state index contributed by atoms with van der Waals surface area (Å²) in [5.41, 5.74) is 2.56. The van der Waals surface area contributed by atoms with Gasteiger partial charge in [0.15, 0.2) is 0 Å². The van der Waals surface area contributed by atoms with Crippen LogP contribution in [0.3, 0.4) is 0 Å². The summed E-state index contributed by atoms with van der Waals surface area (Å²) >= 11 is 0. The van der Waals surface area contributed by atoms with E-state index in [4.69, 9.17) is 4.42 Å². The van der Waals surface area contributed by atoms with Gasteiger partial charge in [0.05, 0.1) is 29.9 Å². The summed E-state index contributed by atoms with van der Waals surface area (Å²) in [7, 11) is 0. The maximum atomic E-state index is 12.6. The number of nitrogens with one attached hydrogen (secondary N) is 1. The predicted octanol–water partition coefficient (Wildman–Crippen LogP) is 2.68. The van der Waals surface area contributed by atoms with Crippen molar-refractivity contribution in [3.05, 3.63) is 65.9 Å². The Morgan fingerprint density at radius 2 is 2.27 bits per heavy atom. The van der Waals surface area contributed by atoms with Gasteiger partial charge in [-0.25, -0.2) is 0 Å². The molecule has 0 spiro atoms. The zero-order chi connectivity index (χ0) is 17.9. The van der Waals surface area contributed by atoms with Crippen molar-refractivity contribution in [3.63, 3.8) is 0 Å². The average molecular weight is 348 g/mol. The monoisotopic (exact) mass is 348 g/mol. The predicted molar refractivity (Wildman–Crippen MR) is 96.1 cm³/mol. The van der Waals surface area contributed by atoms with Crippen LogP contribution in [0.2, 0.25) is 0 Å². The molecule has 4 rings (SSSR count). The molecule has 4 heterocycles. The SMILES string of the molecule is N#Cc1c(CN2CCC[C@H]2C(=O)NCc2ccco2)cn2ccccc12. The van der Waals surface area contributed by atoms with E-state index in [0.717, 1.165) is 36.2 Å². The van der Waals surface area contributed by atoms with Crippen LogP contribution in [0.4, 0.5) is 0 Å². The third kappa shape index (κ3) is 3.09. The highest BCUT2D eigenvalue weighted by Crippen LogP contribution is 2.24. The van der Waals surface area contributed by atoms with Gasteiger partial charge in [0, 0.05) is 24.5 Å². The normalized spacial score (nSPS) is 17.4. The zero-order valence-corrected chi connectivity index (χ0v) is 14.4. The molecule has 1 aliphatic rings. The van der Waals surface area contributed by atoms with Gasteiger partial charge in [-0.2, -0.15) is 5.26 Å². The molecule has 0 aromatic carbocycles. The van der Waals surface area contributed by atoms with Crippen LogP contribution in [0.25, 0.3) is 5.52 Å². The molecule has 1 N–H and O–H groups in total. The van der Waals surface area contributed by atoms with E-state index < -0.39 is 0 Å². The second kappa shape index (κ2) is 7.06. The number of carbonyl (C=O) groups is 1. The summed E-state index contributed by atoms with van der Waals surface area (Å²) < 4.78 is 7.23. The summed E-state index contributed by atoms with van der Waals surface area (Å²) in [5, 5.41) is 12.5. The van der Waals surface area contributed by atoms with E-state index in [1.165, 1.54) is 0 Å². The maximum absolute atomic E-state index is 12.6. The lowest BCUT2D eigenvalue weighted by molar-refractivity contribution is -0.125. The lowest BCUT2D eigenvalue weighted by Gasteiger charge is -2.23. The number of hydrogen-bond acceptors (Lipinski definition) is 4. The summed E-state index contributed by atoms with van der Waals surface area (Å²) in [6.45, 7) is 1.86. The van der Waals surface area contributed by atoms with E-state index in [-0.39, 0.29) is 11.9 Å². The lowest BCUT2D eigenvalue weighted by Crippen LogP contribution is -2.42. The molecular weight excluding hydrogens is 328 g/mol. The fourth-order valence-electron chi connectivity index (χ4n) is 3.66. The van der Waals surface area contributed by atoms with E-state index in [1.54, 1.807) is 6.26 Å². The first-order valence-corrected chi connectivity index (χ1v) is 8.79. The average Bonchev–Trinajstić information content (AvgIpc) is 3.39. The van der Waals surface area contributed by atoms with Crippen molar-refractivity contribution in [1.82, 2.24) is 14.6 Å². The lowest BCUT2D eigenvalue weighted by atomic mass is 10.1. The number of rotatable bonds is 5. The second-order valence-electron chi connectivity index (χ2n) is 6.56. The van der Waals surface area contributed by atoms with Crippen LogP contribution >= 0.6 is 0 Å². The number of carbonyl (C=O) groups excluding carboxylic acids is 1. The highest BCUT2D eigenvalue weighted by Gasteiger charge is 2.31. The molecule has 0 bridgehead atoms. The number of aromatic nitrogens is 1. The van der Waals surface area contributed by atoms with Crippen LogP contribution in [0.1, 0.15) is 29.7 Å². The fourth-order valence-corrected chi connectivity index (χ4v) is 3.66. The number of nitrogens with zero attached hydrogens (tertiary/aromatic N) is 3. The van der Waals surface area contributed by atoms with Crippen molar-refractivity contribution in [2.45, 2.75) is 32.0 Å². The molecule has 26 heavy (non-hydrogen) atoms. The molecule has 1 fully saturated rings. The number of hydrogen-bond donors (Lipinski definition) is 1. The van der Waals surface area contributed by atoms with Crippen LogP contribution in [-0.4, -0.2) is 27.8 Å². The summed E-state index contributed by atoms with van der Waals surface area (Å²) in [6, 6.07) is 11.6. The molecule has 132 valence electrons. The minimum absolute atomic E-state index is 0.0150. The number of furan rings is 1. The van der Waals surface area contributed by atoms with Crippen molar-refractivity contribution in [2.75, 3.05) is 6.54 Å². The Hall–Kier alpha value is -3.04. The van der Waals surface area contributed by atoms with Crippen molar-refractivity contribution in [3.8, 4) is 6.07 Å². The first kappa shape index (κ1) is 16.4. The Labute approximate surface area is 151 Å². The molecule has 3 aromatic rings. The number of fused-ring (bicyclic) bond motifs is 1. The molecule has 1 amide bonds. The fraction of sp³-hybridized carbons (Fsp3) is 0.300. The van der Waals surface area contributed by atoms with E-state index in [9.17, 15) is 10.1 Å². The van der Waals surface area contributed by atoms with Crippen LogP contribution in [0.15, 0.2) is 53.4 Å². The quantitative estimate of drug-likeness (QED) is 0.769. The Kier molecular flexibility index (Phi) is 4.46. The van der Waals surface area contributed by atoms with Crippen molar-refractivity contribution in [2.24, 2.45) is 0 Å². The van der Waals surface area contributed by atoms with Crippen molar-refractivity contribution in [1.29, 1.82) is 5.26 Å². The minimum Gasteiger partial charge on any atom is -0.467 e. The van der Waals surface area contributed by atoms with Gasteiger partial charge in [-0.1, -0.05) is 6.07 Å². The standard InChI is InChI=1S/C20H20N4O2/c21-11-17-15(13-23-8-2-1-6-18(17)23)14-24-9-3-7-19(24)20(25)22-12-16-5-4-10-26-16/h1-2,4-6,8,10,13,19H,3,7,9,12,14H2,(H,22,25)/t19-/m0/s1. The van der Waals surface area contributed by atoms with E-state index >= 15 is 0 Å². The van der Waals surface area contributed by atoms with E-state index in [2.05, 4.69) is 16.3 Å². The Balaban J connectivity index is 1.49. The van der Waals surface area contributed by atoms with Crippen LogP contribution in [0, 0.1) is 11.3 Å². The number of amides is 1. The molecule has 0 saturated carbocycles. The van der Waals surface area contributed by atoms with Gasteiger partial charge in [0.25, 0.3) is 0 Å². The Bertz CT molecular complexity index is 952. The number of likely N-dealkylation sites (tertiary alicyclic amines) is 1. The van der Waals surface area contributed by atoms with E-state index in [0.29, 0.717) is 18.7 Å². The van der Waals surface area contributed by atoms with Crippen LogP contribution in [-0.2, 0) is 17.9 Å². The largest absolute Gasteiger partial charge is 0.467 e. The Morgan fingerprint density at radius 1 is 1.35 bits per heavy atom. The molecule has 0 radical (unpaired) electrons. The molecule has 0 aliphatic carbocycles. The third-order valence-corrected chi connectivity index (χ3v) is 4.93. The van der Waals surface area contributed by atoms with Gasteiger partial charge in [0.1, 0.15) is 11.8 Å². The molecule has 1 atom stereocenters. The first-order chi connectivity index (χ1) is 12.8. The summed E-state index contributed by atoms with van der Waals surface area (Å²) in [6.07, 6.45) is 7.35. The molecule has 6 heteroatoms. The van der Waals surface area contributed by atoms with Crippen LogP contribution < -0.4 is 5.32 Å². The van der Waals surface area contributed by atoms with E-state index in [1.807, 2.05) is 47.1 Å². The zero-order valence-electron chi connectivity index (χ0n) is 14.4. The second-order valence-corrected chi connectivity index (χ2v) is 6.56. The van der Waals surface area contributed by atoms with Crippen LogP contribution in [0.5, 0.6) is 0 Å². The van der Waals surface area contributed by atoms with Crippen molar-refractivity contribution >= 4 is 11.4 Å². The molecule has 1 saturated heterocycles. The highest BCUT2D eigenvalue weighted by molar-refractivity contribution is 5.82.